The Balaban J connectivity index is 2.65. The van der Waals surface area contributed by atoms with Crippen molar-refractivity contribution in [2.75, 3.05) is 0 Å². The lowest BCUT2D eigenvalue weighted by molar-refractivity contribution is -0.141. The highest BCUT2D eigenvalue weighted by Gasteiger charge is 2.33. The topological polar surface area (TPSA) is 63.1 Å². The molecule has 2 aromatic rings. The monoisotopic (exact) mass is 312 g/mol. The van der Waals surface area contributed by atoms with Crippen LogP contribution in [0.1, 0.15) is 11.3 Å². The van der Waals surface area contributed by atoms with Crippen LogP contribution in [0.25, 0.3) is 17.3 Å². The molecule has 2 heterocycles. The number of carbonyl (C=O) groups is 1. The first-order valence-electron chi connectivity index (χ1n) is 5.88. The van der Waals surface area contributed by atoms with Crippen LogP contribution >= 0.6 is 0 Å². The van der Waals surface area contributed by atoms with E-state index in [0.717, 1.165) is 36.7 Å². The summed E-state index contributed by atoms with van der Waals surface area (Å²) in [5.41, 5.74) is -1.77. The first-order chi connectivity index (χ1) is 10.3. The van der Waals surface area contributed by atoms with Crippen molar-refractivity contribution in [1.29, 1.82) is 0 Å². The Morgan fingerprint density at radius 1 is 1.23 bits per heavy atom. The fourth-order valence-electron chi connectivity index (χ4n) is 1.69. The number of halogens is 4. The molecule has 0 bridgehead atoms. The van der Waals surface area contributed by atoms with Crippen LogP contribution in [0.2, 0.25) is 0 Å². The second-order valence-corrected chi connectivity index (χ2v) is 4.16. The van der Waals surface area contributed by atoms with Crippen LogP contribution in [0, 0.1) is 5.82 Å². The van der Waals surface area contributed by atoms with Crippen molar-refractivity contribution >= 4 is 12.0 Å². The summed E-state index contributed by atoms with van der Waals surface area (Å²) >= 11 is 0. The normalized spacial score (nSPS) is 11.8. The third-order valence-electron chi connectivity index (χ3n) is 2.65. The molecule has 0 aliphatic heterocycles. The molecule has 0 unspecified atom stereocenters. The Morgan fingerprint density at radius 3 is 2.55 bits per heavy atom. The summed E-state index contributed by atoms with van der Waals surface area (Å²) in [4.78, 5) is 17.6. The molecule has 0 spiro atoms. The molecule has 0 atom stereocenters. The van der Waals surface area contributed by atoms with Crippen molar-refractivity contribution in [2.45, 2.75) is 6.18 Å². The fourth-order valence-corrected chi connectivity index (χ4v) is 1.69. The molecule has 22 heavy (non-hydrogen) atoms. The van der Waals surface area contributed by atoms with Gasteiger partial charge in [-0.25, -0.2) is 14.2 Å². The molecule has 0 aromatic carbocycles. The minimum Gasteiger partial charge on any atom is -0.478 e. The van der Waals surface area contributed by atoms with Crippen molar-refractivity contribution in [3.05, 3.63) is 53.7 Å². The van der Waals surface area contributed by atoms with E-state index >= 15 is 0 Å². The van der Waals surface area contributed by atoms with Gasteiger partial charge in [-0.1, -0.05) is 6.07 Å². The lowest BCUT2D eigenvalue weighted by Gasteiger charge is -2.11. The van der Waals surface area contributed by atoms with Gasteiger partial charge in [0.15, 0.2) is 0 Å². The number of carboxylic acid groups (broad SMARTS) is 1. The molecule has 0 saturated heterocycles. The minimum absolute atomic E-state index is 0.0299. The number of hydrogen-bond acceptors (Lipinski definition) is 3. The summed E-state index contributed by atoms with van der Waals surface area (Å²) in [6.45, 7) is 0. The maximum atomic E-state index is 13.8. The summed E-state index contributed by atoms with van der Waals surface area (Å²) in [5.74, 6) is -2.11. The van der Waals surface area contributed by atoms with Gasteiger partial charge in [0.2, 0.25) is 0 Å². The summed E-state index contributed by atoms with van der Waals surface area (Å²) < 4.78 is 52.0. The Labute approximate surface area is 121 Å². The Kier molecular flexibility index (Phi) is 4.20. The van der Waals surface area contributed by atoms with Gasteiger partial charge in [-0.15, -0.1) is 0 Å². The Morgan fingerprint density at radius 2 is 1.95 bits per heavy atom. The fraction of sp³-hybridized carbons (Fsp3) is 0.0714. The van der Waals surface area contributed by atoms with Crippen LogP contribution in [0.4, 0.5) is 17.6 Å². The second-order valence-electron chi connectivity index (χ2n) is 4.16. The molecule has 0 fully saturated rings. The largest absolute Gasteiger partial charge is 0.478 e. The van der Waals surface area contributed by atoms with Gasteiger partial charge in [0, 0.05) is 24.0 Å². The number of pyridine rings is 2. The van der Waals surface area contributed by atoms with Crippen LogP contribution in [0.3, 0.4) is 0 Å². The predicted octanol–water partition coefficient (Wildman–Crippen LogP) is 3.40. The van der Waals surface area contributed by atoms with Crippen LogP contribution in [0.15, 0.2) is 36.7 Å². The van der Waals surface area contributed by atoms with Gasteiger partial charge in [0.1, 0.15) is 11.5 Å². The van der Waals surface area contributed by atoms with Crippen molar-refractivity contribution in [1.82, 2.24) is 9.97 Å². The third kappa shape index (κ3) is 3.46. The zero-order valence-electron chi connectivity index (χ0n) is 10.8. The number of hydrogen-bond donors (Lipinski definition) is 1. The van der Waals surface area contributed by atoms with E-state index in [9.17, 15) is 22.4 Å². The second kappa shape index (κ2) is 5.92. The van der Waals surface area contributed by atoms with Crippen LogP contribution in [-0.2, 0) is 11.0 Å². The molecule has 0 saturated carbocycles. The maximum Gasteiger partial charge on any atom is 0.433 e. The molecule has 1 N–H and O–H groups in total. The zero-order valence-corrected chi connectivity index (χ0v) is 10.8. The van der Waals surface area contributed by atoms with Gasteiger partial charge in [-0.3, -0.25) is 4.98 Å². The molecule has 8 heteroatoms. The summed E-state index contributed by atoms with van der Waals surface area (Å²) in [6.07, 6.45) is -0.781. The Hall–Kier alpha value is -2.77. The molecule has 4 nitrogen and oxygen atoms in total. The van der Waals surface area contributed by atoms with Crippen molar-refractivity contribution in [2.24, 2.45) is 0 Å². The zero-order chi connectivity index (χ0) is 16.3. The number of alkyl halides is 3. The predicted molar refractivity (Wildman–Crippen MR) is 69.1 cm³/mol. The van der Waals surface area contributed by atoms with E-state index in [1.807, 2.05) is 0 Å². The molecule has 0 amide bonds. The van der Waals surface area contributed by atoms with Crippen molar-refractivity contribution < 1.29 is 27.5 Å². The molecular weight excluding hydrogens is 304 g/mol. The number of carboxylic acids is 1. The van der Waals surface area contributed by atoms with E-state index in [2.05, 4.69) is 9.97 Å². The third-order valence-corrected chi connectivity index (χ3v) is 2.65. The van der Waals surface area contributed by atoms with E-state index in [1.165, 1.54) is 0 Å². The highest BCUT2D eigenvalue weighted by Crippen LogP contribution is 2.32. The minimum atomic E-state index is -4.71. The van der Waals surface area contributed by atoms with Crippen LogP contribution < -0.4 is 0 Å². The lowest BCUT2D eigenvalue weighted by atomic mass is 10.1. The van der Waals surface area contributed by atoms with E-state index in [0.29, 0.717) is 6.07 Å². The standard InChI is InChI=1S/C14H8F4N2O2/c15-10-5-6-19-7-9(10)13-8(2-4-12(21)22)1-3-11(20-13)14(16,17)18/h1-7H,(H,21,22)/b4-2+. The molecular formula is C14H8F4N2O2. The number of rotatable bonds is 3. The summed E-state index contributed by atoms with van der Waals surface area (Å²) in [7, 11) is 0. The Bertz CT molecular complexity index is 742. The van der Waals surface area contributed by atoms with Gasteiger partial charge in [-0.2, -0.15) is 13.2 Å². The van der Waals surface area contributed by atoms with E-state index in [4.69, 9.17) is 5.11 Å². The molecule has 0 aliphatic rings. The van der Waals surface area contributed by atoms with Gasteiger partial charge in [0.25, 0.3) is 0 Å². The summed E-state index contributed by atoms with van der Waals surface area (Å²) in [5, 5.41) is 8.60. The average Bonchev–Trinajstić information content (AvgIpc) is 2.44. The highest BCUT2D eigenvalue weighted by molar-refractivity contribution is 5.87. The number of aromatic nitrogens is 2. The summed E-state index contributed by atoms with van der Waals surface area (Å²) in [6, 6.07) is 2.69. The van der Waals surface area contributed by atoms with Crippen LogP contribution in [-0.4, -0.2) is 21.0 Å². The van der Waals surface area contributed by atoms with Crippen molar-refractivity contribution in [3.8, 4) is 11.3 Å². The SMILES string of the molecule is O=C(O)/C=C/c1ccc(C(F)(F)F)nc1-c1cnccc1F. The molecule has 0 radical (unpaired) electrons. The van der Waals surface area contributed by atoms with Gasteiger partial charge >= 0.3 is 12.1 Å². The molecule has 2 rings (SSSR count). The first kappa shape index (κ1) is 15.6. The first-order valence-corrected chi connectivity index (χ1v) is 5.88. The average molecular weight is 312 g/mol. The number of nitrogens with zero attached hydrogens (tertiary/aromatic N) is 2. The number of aliphatic carboxylic acids is 1. The molecule has 0 aliphatic carbocycles. The smallest absolute Gasteiger partial charge is 0.433 e. The van der Waals surface area contributed by atoms with E-state index in [1.54, 1.807) is 0 Å². The van der Waals surface area contributed by atoms with Gasteiger partial charge < -0.3 is 5.11 Å². The van der Waals surface area contributed by atoms with Crippen molar-refractivity contribution in [3.63, 3.8) is 0 Å². The maximum absolute atomic E-state index is 13.8. The van der Waals surface area contributed by atoms with Crippen LogP contribution in [0.5, 0.6) is 0 Å². The highest BCUT2D eigenvalue weighted by atomic mass is 19.4. The lowest BCUT2D eigenvalue weighted by Crippen LogP contribution is -2.09. The quantitative estimate of drug-likeness (QED) is 0.697. The van der Waals surface area contributed by atoms with Gasteiger partial charge in [0.05, 0.1) is 11.3 Å². The van der Waals surface area contributed by atoms with E-state index in [-0.39, 0.29) is 16.8 Å². The molecule has 114 valence electrons. The molecule has 2 aromatic heterocycles. The van der Waals surface area contributed by atoms with Gasteiger partial charge in [-0.05, 0) is 18.2 Å². The van der Waals surface area contributed by atoms with E-state index < -0.39 is 23.7 Å².